The van der Waals surface area contributed by atoms with E-state index in [-0.39, 0.29) is 5.91 Å². The van der Waals surface area contributed by atoms with Crippen LogP contribution in [0.1, 0.15) is 32.3 Å². The van der Waals surface area contributed by atoms with Gasteiger partial charge in [-0.15, -0.1) is 0 Å². The second-order valence-electron chi connectivity index (χ2n) is 3.88. The average Bonchev–Trinajstić information content (AvgIpc) is 2.36. The summed E-state index contributed by atoms with van der Waals surface area (Å²) in [5.74, 6) is 1.03. The fourth-order valence-corrected chi connectivity index (χ4v) is 1.56. The van der Waals surface area contributed by atoms with Gasteiger partial charge in [-0.2, -0.15) is 0 Å². The number of ether oxygens (including phenoxy) is 1. The largest absolute Gasteiger partial charge is 0.494 e. The number of aryl methyl sites for hydroxylation is 1. The number of hydrogen-bond donors (Lipinski definition) is 1. The van der Waals surface area contributed by atoms with Gasteiger partial charge in [-0.1, -0.05) is 19.1 Å². The van der Waals surface area contributed by atoms with Gasteiger partial charge in [-0.3, -0.25) is 4.79 Å². The van der Waals surface area contributed by atoms with Crippen molar-refractivity contribution < 1.29 is 9.53 Å². The quantitative estimate of drug-likeness (QED) is 0.738. The van der Waals surface area contributed by atoms with Crippen molar-refractivity contribution >= 4 is 5.91 Å². The van der Waals surface area contributed by atoms with Crippen LogP contribution in [-0.2, 0) is 11.2 Å². The fraction of sp³-hybridized carbons (Fsp3) is 0.500. The Hall–Kier alpha value is -1.51. The second kappa shape index (κ2) is 7.71. The molecule has 0 aliphatic carbocycles. The fourth-order valence-electron chi connectivity index (χ4n) is 1.56. The Bertz CT molecular complexity index is 333. The first kappa shape index (κ1) is 13.6. The highest BCUT2D eigenvalue weighted by atomic mass is 16.5. The van der Waals surface area contributed by atoms with Crippen LogP contribution in [0.15, 0.2) is 24.3 Å². The maximum absolute atomic E-state index is 11.0. The number of carbonyl (C=O) groups is 1. The van der Waals surface area contributed by atoms with Gasteiger partial charge in [0.2, 0.25) is 5.91 Å². The molecular weight excluding hydrogens is 214 g/mol. The Labute approximate surface area is 103 Å². The zero-order chi connectivity index (χ0) is 12.5. The Morgan fingerprint density at radius 1 is 1.24 bits per heavy atom. The molecule has 1 aromatic carbocycles. The SMILES string of the molecule is CCOc1ccc(CCCNC(=O)CC)cc1. The summed E-state index contributed by atoms with van der Waals surface area (Å²) in [6.07, 6.45) is 2.51. The summed E-state index contributed by atoms with van der Waals surface area (Å²) >= 11 is 0. The van der Waals surface area contributed by atoms with E-state index >= 15 is 0 Å². The highest BCUT2D eigenvalue weighted by molar-refractivity contribution is 5.75. The van der Waals surface area contributed by atoms with E-state index in [0.29, 0.717) is 13.0 Å². The van der Waals surface area contributed by atoms with E-state index in [1.807, 2.05) is 26.0 Å². The van der Waals surface area contributed by atoms with E-state index in [2.05, 4.69) is 17.4 Å². The summed E-state index contributed by atoms with van der Waals surface area (Å²) in [5, 5.41) is 2.87. The topological polar surface area (TPSA) is 38.3 Å². The highest BCUT2D eigenvalue weighted by Gasteiger charge is 1.97. The predicted octanol–water partition coefficient (Wildman–Crippen LogP) is 2.54. The summed E-state index contributed by atoms with van der Waals surface area (Å²) < 4.78 is 5.38. The maximum Gasteiger partial charge on any atom is 0.219 e. The van der Waals surface area contributed by atoms with Crippen molar-refractivity contribution in [2.24, 2.45) is 0 Å². The summed E-state index contributed by atoms with van der Waals surface area (Å²) in [4.78, 5) is 11.0. The lowest BCUT2D eigenvalue weighted by Gasteiger charge is -2.06. The normalized spacial score (nSPS) is 10.0. The zero-order valence-corrected chi connectivity index (χ0v) is 10.7. The number of nitrogens with one attached hydrogen (secondary N) is 1. The smallest absolute Gasteiger partial charge is 0.219 e. The number of carbonyl (C=O) groups excluding carboxylic acids is 1. The maximum atomic E-state index is 11.0. The first-order chi connectivity index (χ1) is 8.26. The number of benzene rings is 1. The zero-order valence-electron chi connectivity index (χ0n) is 10.7. The molecule has 0 bridgehead atoms. The summed E-state index contributed by atoms with van der Waals surface area (Å²) in [6, 6.07) is 8.13. The van der Waals surface area contributed by atoms with Crippen LogP contribution in [0.5, 0.6) is 5.75 Å². The Morgan fingerprint density at radius 2 is 1.94 bits per heavy atom. The average molecular weight is 235 g/mol. The number of hydrogen-bond acceptors (Lipinski definition) is 2. The summed E-state index contributed by atoms with van der Waals surface area (Å²) in [6.45, 7) is 5.29. The van der Waals surface area contributed by atoms with Crippen LogP contribution in [0, 0.1) is 0 Å². The molecule has 0 aliphatic heterocycles. The van der Waals surface area contributed by atoms with Gasteiger partial charge in [0, 0.05) is 13.0 Å². The summed E-state index contributed by atoms with van der Waals surface area (Å²) in [7, 11) is 0. The van der Waals surface area contributed by atoms with Gasteiger partial charge in [0.15, 0.2) is 0 Å². The van der Waals surface area contributed by atoms with Gasteiger partial charge < -0.3 is 10.1 Å². The van der Waals surface area contributed by atoms with Crippen LogP contribution in [0.3, 0.4) is 0 Å². The molecule has 0 aromatic heterocycles. The van der Waals surface area contributed by atoms with Gasteiger partial charge in [0.1, 0.15) is 5.75 Å². The van der Waals surface area contributed by atoms with E-state index in [0.717, 1.165) is 25.1 Å². The van der Waals surface area contributed by atoms with Crippen molar-refractivity contribution in [3.05, 3.63) is 29.8 Å². The van der Waals surface area contributed by atoms with E-state index in [4.69, 9.17) is 4.74 Å². The standard InChI is InChI=1S/C14H21NO2/c1-3-14(16)15-11-5-6-12-7-9-13(10-8-12)17-4-2/h7-10H,3-6,11H2,1-2H3,(H,15,16). The van der Waals surface area contributed by atoms with Crippen molar-refractivity contribution in [1.29, 1.82) is 0 Å². The summed E-state index contributed by atoms with van der Waals surface area (Å²) in [5.41, 5.74) is 1.28. The molecule has 1 rings (SSSR count). The lowest BCUT2D eigenvalue weighted by Crippen LogP contribution is -2.23. The van der Waals surface area contributed by atoms with Crippen molar-refractivity contribution in [3.8, 4) is 5.75 Å². The molecule has 0 unspecified atom stereocenters. The molecule has 0 radical (unpaired) electrons. The molecule has 0 aliphatic rings. The Balaban J connectivity index is 2.25. The third-order valence-corrected chi connectivity index (χ3v) is 2.52. The van der Waals surface area contributed by atoms with Crippen LogP contribution in [-0.4, -0.2) is 19.1 Å². The number of amides is 1. The predicted molar refractivity (Wildman–Crippen MR) is 69.2 cm³/mol. The van der Waals surface area contributed by atoms with E-state index in [9.17, 15) is 4.79 Å². The third-order valence-electron chi connectivity index (χ3n) is 2.52. The molecule has 1 N–H and O–H groups in total. The minimum Gasteiger partial charge on any atom is -0.494 e. The van der Waals surface area contributed by atoms with Crippen molar-refractivity contribution in [2.45, 2.75) is 33.1 Å². The van der Waals surface area contributed by atoms with Gasteiger partial charge >= 0.3 is 0 Å². The molecule has 1 aromatic rings. The van der Waals surface area contributed by atoms with Gasteiger partial charge in [0.25, 0.3) is 0 Å². The molecule has 17 heavy (non-hydrogen) atoms. The molecule has 0 saturated heterocycles. The van der Waals surface area contributed by atoms with Crippen LogP contribution in [0.4, 0.5) is 0 Å². The van der Waals surface area contributed by atoms with Crippen LogP contribution >= 0.6 is 0 Å². The molecule has 94 valence electrons. The van der Waals surface area contributed by atoms with Crippen molar-refractivity contribution in [3.63, 3.8) is 0 Å². The first-order valence-corrected chi connectivity index (χ1v) is 6.24. The Morgan fingerprint density at radius 3 is 2.53 bits per heavy atom. The lowest BCUT2D eigenvalue weighted by atomic mass is 10.1. The second-order valence-corrected chi connectivity index (χ2v) is 3.88. The molecular formula is C14H21NO2. The first-order valence-electron chi connectivity index (χ1n) is 6.24. The molecule has 3 nitrogen and oxygen atoms in total. The van der Waals surface area contributed by atoms with Gasteiger partial charge in [0.05, 0.1) is 6.61 Å². The number of rotatable bonds is 7. The molecule has 0 heterocycles. The molecule has 0 fully saturated rings. The molecule has 0 atom stereocenters. The monoisotopic (exact) mass is 235 g/mol. The molecule has 0 spiro atoms. The molecule has 1 amide bonds. The molecule has 3 heteroatoms. The lowest BCUT2D eigenvalue weighted by molar-refractivity contribution is -0.120. The van der Waals surface area contributed by atoms with Gasteiger partial charge in [-0.25, -0.2) is 0 Å². The minimum atomic E-state index is 0.122. The Kier molecular flexibility index (Phi) is 6.15. The van der Waals surface area contributed by atoms with Gasteiger partial charge in [-0.05, 0) is 37.5 Å². The van der Waals surface area contributed by atoms with E-state index < -0.39 is 0 Å². The minimum absolute atomic E-state index is 0.122. The van der Waals surface area contributed by atoms with Crippen molar-refractivity contribution in [2.75, 3.05) is 13.2 Å². The third kappa shape index (κ3) is 5.38. The van der Waals surface area contributed by atoms with Crippen LogP contribution in [0.2, 0.25) is 0 Å². The van der Waals surface area contributed by atoms with Crippen molar-refractivity contribution in [1.82, 2.24) is 5.32 Å². The molecule has 0 saturated carbocycles. The van der Waals surface area contributed by atoms with E-state index in [1.54, 1.807) is 0 Å². The van der Waals surface area contributed by atoms with Crippen LogP contribution < -0.4 is 10.1 Å². The van der Waals surface area contributed by atoms with Crippen LogP contribution in [0.25, 0.3) is 0 Å². The highest BCUT2D eigenvalue weighted by Crippen LogP contribution is 2.12. The van der Waals surface area contributed by atoms with E-state index in [1.165, 1.54) is 5.56 Å².